The molecule has 0 fully saturated rings. The number of benzene rings is 1. The molecule has 1 aromatic rings. The summed E-state index contributed by atoms with van der Waals surface area (Å²) in [4.78, 5) is 0. The first-order valence-corrected chi connectivity index (χ1v) is 5.52. The molecule has 0 aliphatic rings. The first kappa shape index (κ1) is 12.8. The van der Waals surface area contributed by atoms with Crippen molar-refractivity contribution in [1.82, 2.24) is 0 Å². The maximum Gasteiger partial charge on any atom is 0.145 e. The summed E-state index contributed by atoms with van der Waals surface area (Å²) in [5, 5.41) is 8.58. The number of hydrogen-bond donors (Lipinski definition) is 2. The van der Waals surface area contributed by atoms with Crippen LogP contribution in [0.5, 0.6) is 5.75 Å². The molecule has 0 aliphatic heterocycles. The summed E-state index contributed by atoms with van der Waals surface area (Å²) in [7, 11) is 0. The largest absolute Gasteiger partial charge is 0.491 e. The molecule has 0 aliphatic carbocycles. The highest BCUT2D eigenvalue weighted by atomic mass is 19.1. The van der Waals surface area contributed by atoms with Crippen molar-refractivity contribution < 1.29 is 14.2 Å². The fourth-order valence-electron chi connectivity index (χ4n) is 1.38. The zero-order chi connectivity index (χ0) is 11.8. The van der Waals surface area contributed by atoms with Crippen molar-refractivity contribution in [2.24, 2.45) is 0 Å². The summed E-state index contributed by atoms with van der Waals surface area (Å²) >= 11 is 0. The van der Waals surface area contributed by atoms with Crippen molar-refractivity contribution in [3.8, 4) is 5.75 Å². The number of rotatable bonds is 7. The van der Waals surface area contributed by atoms with E-state index in [0.29, 0.717) is 18.0 Å². The molecular formula is C12H18FNO2. The molecule has 3 N–H and O–H groups in total. The molecule has 3 nitrogen and oxygen atoms in total. The van der Waals surface area contributed by atoms with Gasteiger partial charge in [-0.1, -0.05) is 6.42 Å². The molecule has 0 saturated carbocycles. The van der Waals surface area contributed by atoms with Crippen molar-refractivity contribution >= 4 is 5.69 Å². The predicted molar refractivity (Wildman–Crippen MR) is 61.9 cm³/mol. The van der Waals surface area contributed by atoms with Gasteiger partial charge in [0.15, 0.2) is 0 Å². The highest BCUT2D eigenvalue weighted by molar-refractivity contribution is 5.52. The molecule has 0 heterocycles. The van der Waals surface area contributed by atoms with Gasteiger partial charge in [0, 0.05) is 12.7 Å². The van der Waals surface area contributed by atoms with E-state index in [2.05, 4.69) is 0 Å². The standard InChI is InChI=1S/C12H18FNO2/c13-10-5-6-11(14)12(9-10)16-8-4-2-1-3-7-15/h5-6,9,15H,1-4,7-8,14H2. The zero-order valence-electron chi connectivity index (χ0n) is 9.29. The molecule has 0 saturated heterocycles. The number of unbranched alkanes of at least 4 members (excludes halogenated alkanes) is 3. The van der Waals surface area contributed by atoms with E-state index in [-0.39, 0.29) is 12.4 Å². The van der Waals surface area contributed by atoms with E-state index in [0.717, 1.165) is 25.7 Å². The van der Waals surface area contributed by atoms with Crippen LogP contribution in [-0.4, -0.2) is 18.3 Å². The average molecular weight is 227 g/mol. The lowest BCUT2D eigenvalue weighted by Gasteiger charge is -2.08. The number of nitrogens with two attached hydrogens (primary N) is 1. The molecule has 0 bridgehead atoms. The number of anilines is 1. The number of aliphatic hydroxyl groups excluding tert-OH is 1. The first-order valence-electron chi connectivity index (χ1n) is 5.52. The van der Waals surface area contributed by atoms with Crippen LogP contribution in [0.2, 0.25) is 0 Å². The Morgan fingerprint density at radius 3 is 2.69 bits per heavy atom. The van der Waals surface area contributed by atoms with Crippen LogP contribution in [0.25, 0.3) is 0 Å². The summed E-state index contributed by atoms with van der Waals surface area (Å²) in [5.41, 5.74) is 6.08. The van der Waals surface area contributed by atoms with E-state index in [4.69, 9.17) is 15.6 Å². The van der Waals surface area contributed by atoms with E-state index in [1.807, 2.05) is 0 Å². The Labute approximate surface area is 95.0 Å². The Kier molecular flexibility index (Phi) is 5.64. The smallest absolute Gasteiger partial charge is 0.145 e. The van der Waals surface area contributed by atoms with Gasteiger partial charge in [0.1, 0.15) is 11.6 Å². The Hall–Kier alpha value is -1.29. The number of aliphatic hydroxyl groups is 1. The fraction of sp³-hybridized carbons (Fsp3) is 0.500. The van der Waals surface area contributed by atoms with Gasteiger partial charge in [-0.25, -0.2) is 4.39 Å². The SMILES string of the molecule is Nc1ccc(F)cc1OCCCCCCO. The fourth-order valence-corrected chi connectivity index (χ4v) is 1.38. The second kappa shape index (κ2) is 7.06. The van der Waals surface area contributed by atoms with Gasteiger partial charge in [-0.05, 0) is 31.4 Å². The first-order chi connectivity index (χ1) is 7.74. The van der Waals surface area contributed by atoms with Gasteiger partial charge in [0.05, 0.1) is 12.3 Å². The molecule has 1 aromatic carbocycles. The second-order valence-electron chi connectivity index (χ2n) is 3.67. The topological polar surface area (TPSA) is 55.5 Å². The van der Waals surface area contributed by atoms with Crippen molar-refractivity contribution in [3.63, 3.8) is 0 Å². The summed E-state index contributed by atoms with van der Waals surface area (Å²) in [6.45, 7) is 0.761. The Morgan fingerprint density at radius 2 is 1.94 bits per heavy atom. The highest BCUT2D eigenvalue weighted by Crippen LogP contribution is 2.22. The van der Waals surface area contributed by atoms with Crippen LogP contribution in [0.4, 0.5) is 10.1 Å². The third kappa shape index (κ3) is 4.49. The maximum absolute atomic E-state index is 12.9. The second-order valence-corrected chi connectivity index (χ2v) is 3.67. The minimum absolute atomic E-state index is 0.234. The molecule has 90 valence electrons. The number of hydrogen-bond acceptors (Lipinski definition) is 3. The van der Waals surface area contributed by atoms with Crippen molar-refractivity contribution in [3.05, 3.63) is 24.0 Å². The highest BCUT2D eigenvalue weighted by Gasteiger charge is 2.01. The van der Waals surface area contributed by atoms with Gasteiger partial charge in [-0.2, -0.15) is 0 Å². The van der Waals surface area contributed by atoms with Gasteiger partial charge < -0.3 is 15.6 Å². The average Bonchev–Trinajstić information content (AvgIpc) is 2.28. The van der Waals surface area contributed by atoms with Crippen LogP contribution in [0.3, 0.4) is 0 Å². The van der Waals surface area contributed by atoms with Crippen LogP contribution in [-0.2, 0) is 0 Å². The molecule has 16 heavy (non-hydrogen) atoms. The third-order valence-corrected chi connectivity index (χ3v) is 2.29. The molecule has 4 heteroatoms. The summed E-state index contributed by atoms with van der Waals surface area (Å²) < 4.78 is 18.2. The van der Waals surface area contributed by atoms with E-state index in [9.17, 15) is 4.39 Å². The van der Waals surface area contributed by atoms with E-state index in [1.165, 1.54) is 18.2 Å². The quantitative estimate of drug-likeness (QED) is 0.555. The van der Waals surface area contributed by atoms with Crippen LogP contribution in [0.15, 0.2) is 18.2 Å². The van der Waals surface area contributed by atoms with Crippen molar-refractivity contribution in [2.75, 3.05) is 18.9 Å². The van der Waals surface area contributed by atoms with Gasteiger partial charge in [-0.3, -0.25) is 0 Å². The molecule has 0 aromatic heterocycles. The Morgan fingerprint density at radius 1 is 1.19 bits per heavy atom. The normalized spacial score (nSPS) is 10.4. The zero-order valence-corrected chi connectivity index (χ0v) is 9.29. The van der Waals surface area contributed by atoms with Crippen LogP contribution >= 0.6 is 0 Å². The maximum atomic E-state index is 12.9. The number of halogens is 1. The number of ether oxygens (including phenoxy) is 1. The van der Waals surface area contributed by atoms with Crippen LogP contribution in [0.1, 0.15) is 25.7 Å². The van der Waals surface area contributed by atoms with Crippen molar-refractivity contribution in [1.29, 1.82) is 0 Å². The molecule has 0 spiro atoms. The molecular weight excluding hydrogens is 209 g/mol. The lowest BCUT2D eigenvalue weighted by atomic mass is 10.2. The Bertz CT molecular complexity index is 318. The lowest BCUT2D eigenvalue weighted by molar-refractivity contribution is 0.273. The molecule has 1 rings (SSSR count). The van der Waals surface area contributed by atoms with Gasteiger partial charge in [0.25, 0.3) is 0 Å². The van der Waals surface area contributed by atoms with E-state index < -0.39 is 0 Å². The Balaban J connectivity index is 2.23. The molecule has 0 unspecified atom stereocenters. The minimum atomic E-state index is -0.343. The van der Waals surface area contributed by atoms with E-state index >= 15 is 0 Å². The molecule has 0 atom stereocenters. The minimum Gasteiger partial charge on any atom is -0.491 e. The third-order valence-electron chi connectivity index (χ3n) is 2.29. The summed E-state index contributed by atoms with van der Waals surface area (Å²) in [5.74, 6) is 0.0617. The van der Waals surface area contributed by atoms with Gasteiger partial charge in [0.2, 0.25) is 0 Å². The summed E-state index contributed by atoms with van der Waals surface area (Å²) in [6.07, 6.45) is 3.69. The van der Waals surface area contributed by atoms with Crippen LogP contribution < -0.4 is 10.5 Å². The predicted octanol–water partition coefficient (Wildman–Crippen LogP) is 2.34. The van der Waals surface area contributed by atoms with Crippen molar-refractivity contribution in [2.45, 2.75) is 25.7 Å². The monoisotopic (exact) mass is 227 g/mol. The number of nitrogen functional groups attached to an aromatic ring is 1. The van der Waals surface area contributed by atoms with Crippen LogP contribution in [0, 0.1) is 5.82 Å². The lowest BCUT2D eigenvalue weighted by Crippen LogP contribution is -2.01. The van der Waals surface area contributed by atoms with Gasteiger partial charge >= 0.3 is 0 Å². The summed E-state index contributed by atoms with van der Waals surface area (Å²) in [6, 6.07) is 4.10. The molecule has 0 radical (unpaired) electrons. The van der Waals surface area contributed by atoms with E-state index in [1.54, 1.807) is 0 Å². The molecule has 0 amide bonds. The van der Waals surface area contributed by atoms with Gasteiger partial charge in [-0.15, -0.1) is 0 Å².